The number of aryl methyl sites for hydroxylation is 1. The van der Waals surface area contributed by atoms with Crippen LogP contribution in [0.1, 0.15) is 36.5 Å². The molecule has 106 valence electrons. The predicted octanol–water partition coefficient (Wildman–Crippen LogP) is 4.33. The minimum atomic E-state index is 0.222. The van der Waals surface area contributed by atoms with Crippen LogP contribution in [0.15, 0.2) is 30.5 Å². The van der Waals surface area contributed by atoms with Gasteiger partial charge in [0.05, 0.1) is 15.7 Å². The van der Waals surface area contributed by atoms with E-state index in [1.807, 2.05) is 31.2 Å². The summed E-state index contributed by atoms with van der Waals surface area (Å²) in [6.07, 6.45) is 2.74. The Bertz CT molecular complexity index is 587. The standard InChI is InChI=1S/C15H17Cl2N3/c1-3-15(11-4-5-13(16)14(17)8-11)19-9-12-6-7-18-10(2)20-12/h4-8,15,19H,3,9H2,1-2H3. The van der Waals surface area contributed by atoms with Crippen LogP contribution in [0.25, 0.3) is 0 Å². The summed E-state index contributed by atoms with van der Waals surface area (Å²) >= 11 is 12.0. The van der Waals surface area contributed by atoms with Gasteiger partial charge in [0.15, 0.2) is 0 Å². The highest BCUT2D eigenvalue weighted by Gasteiger charge is 2.11. The van der Waals surface area contributed by atoms with Crippen LogP contribution in [-0.2, 0) is 6.54 Å². The molecule has 0 bridgehead atoms. The zero-order chi connectivity index (χ0) is 14.5. The molecular weight excluding hydrogens is 293 g/mol. The third-order valence-corrected chi connectivity index (χ3v) is 3.86. The lowest BCUT2D eigenvalue weighted by Crippen LogP contribution is -2.21. The summed E-state index contributed by atoms with van der Waals surface area (Å²) < 4.78 is 0. The van der Waals surface area contributed by atoms with Crippen LogP contribution >= 0.6 is 23.2 Å². The molecule has 0 aliphatic rings. The number of hydrogen-bond acceptors (Lipinski definition) is 3. The molecule has 0 aliphatic carbocycles. The van der Waals surface area contributed by atoms with Gasteiger partial charge in [0.2, 0.25) is 0 Å². The lowest BCUT2D eigenvalue weighted by Gasteiger charge is -2.18. The molecule has 5 heteroatoms. The molecule has 0 aliphatic heterocycles. The summed E-state index contributed by atoms with van der Waals surface area (Å²) in [6, 6.07) is 7.89. The molecule has 1 aromatic heterocycles. The maximum absolute atomic E-state index is 6.07. The molecule has 1 atom stereocenters. The Balaban J connectivity index is 2.07. The fourth-order valence-corrected chi connectivity index (χ4v) is 2.36. The molecule has 1 unspecified atom stereocenters. The van der Waals surface area contributed by atoms with Crippen LogP contribution in [0.5, 0.6) is 0 Å². The van der Waals surface area contributed by atoms with Gasteiger partial charge in [-0.25, -0.2) is 9.97 Å². The van der Waals surface area contributed by atoms with Crippen molar-refractivity contribution in [2.75, 3.05) is 0 Å². The Morgan fingerprint density at radius 3 is 2.65 bits per heavy atom. The average molecular weight is 310 g/mol. The Morgan fingerprint density at radius 2 is 2.00 bits per heavy atom. The number of halogens is 2. The summed E-state index contributed by atoms with van der Waals surface area (Å²) in [7, 11) is 0. The molecule has 0 saturated heterocycles. The van der Waals surface area contributed by atoms with E-state index in [1.54, 1.807) is 6.20 Å². The first-order chi connectivity index (χ1) is 9.60. The Hall–Kier alpha value is -1.16. The third kappa shape index (κ3) is 3.92. The lowest BCUT2D eigenvalue weighted by atomic mass is 10.0. The second-order valence-electron chi connectivity index (χ2n) is 4.61. The SMILES string of the molecule is CCC(NCc1ccnc(C)n1)c1ccc(Cl)c(Cl)c1. The second kappa shape index (κ2) is 7.02. The third-order valence-electron chi connectivity index (χ3n) is 3.12. The van der Waals surface area contributed by atoms with Crippen molar-refractivity contribution in [2.45, 2.75) is 32.9 Å². The topological polar surface area (TPSA) is 37.8 Å². The maximum Gasteiger partial charge on any atom is 0.125 e. The molecule has 0 amide bonds. The zero-order valence-electron chi connectivity index (χ0n) is 11.5. The first-order valence-corrected chi connectivity index (χ1v) is 7.32. The van der Waals surface area contributed by atoms with Crippen molar-refractivity contribution < 1.29 is 0 Å². The second-order valence-corrected chi connectivity index (χ2v) is 5.42. The summed E-state index contributed by atoms with van der Waals surface area (Å²) in [5.74, 6) is 0.784. The van der Waals surface area contributed by atoms with Crippen molar-refractivity contribution in [3.8, 4) is 0 Å². The van der Waals surface area contributed by atoms with Gasteiger partial charge in [-0.15, -0.1) is 0 Å². The quantitative estimate of drug-likeness (QED) is 0.893. The van der Waals surface area contributed by atoms with Gasteiger partial charge in [-0.05, 0) is 37.1 Å². The molecule has 20 heavy (non-hydrogen) atoms. The van der Waals surface area contributed by atoms with Crippen LogP contribution in [0, 0.1) is 6.92 Å². The molecule has 2 rings (SSSR count). The number of aromatic nitrogens is 2. The number of benzene rings is 1. The number of nitrogens with one attached hydrogen (secondary N) is 1. The van der Waals surface area contributed by atoms with Crippen LogP contribution in [0.4, 0.5) is 0 Å². The first kappa shape index (κ1) is 15.2. The van der Waals surface area contributed by atoms with Gasteiger partial charge in [0.25, 0.3) is 0 Å². The van der Waals surface area contributed by atoms with E-state index >= 15 is 0 Å². The summed E-state index contributed by atoms with van der Waals surface area (Å²) in [6.45, 7) is 4.72. The molecule has 0 saturated carbocycles. The first-order valence-electron chi connectivity index (χ1n) is 6.57. The van der Waals surface area contributed by atoms with Crippen molar-refractivity contribution in [3.05, 3.63) is 57.6 Å². The summed E-state index contributed by atoms with van der Waals surface area (Å²) in [4.78, 5) is 8.48. The molecule has 0 fully saturated rings. The van der Waals surface area contributed by atoms with E-state index in [0.717, 1.165) is 23.5 Å². The largest absolute Gasteiger partial charge is 0.304 e. The summed E-state index contributed by atoms with van der Waals surface area (Å²) in [5.41, 5.74) is 2.11. The minimum Gasteiger partial charge on any atom is -0.304 e. The number of hydrogen-bond donors (Lipinski definition) is 1. The highest BCUT2D eigenvalue weighted by molar-refractivity contribution is 6.42. The van der Waals surface area contributed by atoms with Crippen molar-refractivity contribution >= 4 is 23.2 Å². The van der Waals surface area contributed by atoms with Gasteiger partial charge < -0.3 is 5.32 Å². The van der Waals surface area contributed by atoms with Crippen molar-refractivity contribution in [1.29, 1.82) is 0 Å². The maximum atomic E-state index is 6.07. The van der Waals surface area contributed by atoms with Gasteiger partial charge in [0.1, 0.15) is 5.82 Å². The van der Waals surface area contributed by atoms with Gasteiger partial charge in [-0.3, -0.25) is 0 Å². The predicted molar refractivity (Wildman–Crippen MR) is 83.1 cm³/mol. The van der Waals surface area contributed by atoms with Crippen LogP contribution in [0.2, 0.25) is 10.0 Å². The Kier molecular flexibility index (Phi) is 5.35. The number of nitrogens with zero attached hydrogens (tertiary/aromatic N) is 2. The van der Waals surface area contributed by atoms with Crippen molar-refractivity contribution in [1.82, 2.24) is 15.3 Å². The molecule has 2 aromatic rings. The Labute approximate surface area is 129 Å². The van der Waals surface area contributed by atoms with Gasteiger partial charge in [-0.1, -0.05) is 36.2 Å². The minimum absolute atomic E-state index is 0.222. The lowest BCUT2D eigenvalue weighted by molar-refractivity contribution is 0.513. The highest BCUT2D eigenvalue weighted by atomic mass is 35.5. The molecule has 0 radical (unpaired) electrons. The fourth-order valence-electron chi connectivity index (χ4n) is 2.06. The van der Waals surface area contributed by atoms with Crippen LogP contribution in [-0.4, -0.2) is 9.97 Å². The van der Waals surface area contributed by atoms with E-state index in [0.29, 0.717) is 16.6 Å². The van der Waals surface area contributed by atoms with Crippen LogP contribution < -0.4 is 5.32 Å². The zero-order valence-corrected chi connectivity index (χ0v) is 13.0. The normalized spacial score (nSPS) is 12.4. The monoisotopic (exact) mass is 309 g/mol. The molecule has 1 aromatic carbocycles. The summed E-state index contributed by atoms with van der Waals surface area (Å²) in [5, 5.41) is 4.65. The van der Waals surface area contributed by atoms with Gasteiger partial charge >= 0.3 is 0 Å². The van der Waals surface area contributed by atoms with E-state index in [9.17, 15) is 0 Å². The fraction of sp³-hybridized carbons (Fsp3) is 0.333. The van der Waals surface area contributed by atoms with Gasteiger partial charge in [0, 0.05) is 18.8 Å². The van der Waals surface area contributed by atoms with E-state index in [1.165, 1.54) is 0 Å². The van der Waals surface area contributed by atoms with Crippen LogP contribution in [0.3, 0.4) is 0 Å². The van der Waals surface area contributed by atoms with E-state index in [4.69, 9.17) is 23.2 Å². The van der Waals surface area contributed by atoms with E-state index < -0.39 is 0 Å². The smallest absolute Gasteiger partial charge is 0.125 e. The van der Waals surface area contributed by atoms with E-state index in [-0.39, 0.29) is 6.04 Å². The van der Waals surface area contributed by atoms with Gasteiger partial charge in [-0.2, -0.15) is 0 Å². The molecule has 1 heterocycles. The molecular formula is C15H17Cl2N3. The highest BCUT2D eigenvalue weighted by Crippen LogP contribution is 2.27. The Morgan fingerprint density at radius 1 is 1.20 bits per heavy atom. The average Bonchev–Trinajstić information content (AvgIpc) is 2.43. The molecule has 3 nitrogen and oxygen atoms in total. The van der Waals surface area contributed by atoms with E-state index in [2.05, 4.69) is 22.2 Å². The number of rotatable bonds is 5. The van der Waals surface area contributed by atoms with Crippen molar-refractivity contribution in [3.63, 3.8) is 0 Å². The van der Waals surface area contributed by atoms with Crippen molar-refractivity contribution in [2.24, 2.45) is 0 Å². The molecule has 0 spiro atoms. The molecule has 1 N–H and O–H groups in total.